The molecule has 0 radical (unpaired) electrons. The quantitative estimate of drug-likeness (QED) is 0.850. The molecule has 102 valence electrons. The Labute approximate surface area is 120 Å². The number of rotatable bonds is 5. The summed E-state index contributed by atoms with van der Waals surface area (Å²) in [4.78, 5) is 4.37. The van der Waals surface area contributed by atoms with Crippen LogP contribution in [-0.4, -0.2) is 16.7 Å². The number of hydrogen-bond acceptors (Lipinski definition) is 5. The summed E-state index contributed by atoms with van der Waals surface area (Å²) in [5.74, 6) is 1.02. The molecule has 0 saturated carbocycles. The van der Waals surface area contributed by atoms with Crippen LogP contribution in [0, 0.1) is 0 Å². The number of nitrogens with two attached hydrogens (primary N) is 1. The van der Waals surface area contributed by atoms with E-state index in [1.165, 1.54) is 0 Å². The highest BCUT2D eigenvalue weighted by Gasteiger charge is 2.17. The Morgan fingerprint density at radius 2 is 2.21 bits per heavy atom. The van der Waals surface area contributed by atoms with Crippen LogP contribution in [0.5, 0.6) is 0 Å². The molecule has 0 spiro atoms. The standard InChI is InChI=1S/C13H16BrN3O2/c1-3-11(18-4-2)12-16-13(19-17-12)8-5-6-9(14)10(15)7-8/h5-7,11H,3-4,15H2,1-2H3. The van der Waals surface area contributed by atoms with Crippen molar-refractivity contribution >= 4 is 21.6 Å². The minimum Gasteiger partial charge on any atom is -0.398 e. The molecular formula is C13H16BrN3O2. The molecule has 0 amide bonds. The molecular weight excluding hydrogens is 310 g/mol. The van der Waals surface area contributed by atoms with Crippen molar-refractivity contribution < 1.29 is 9.26 Å². The number of nitrogen functional groups attached to an aromatic ring is 1. The summed E-state index contributed by atoms with van der Waals surface area (Å²) in [6.45, 7) is 4.58. The van der Waals surface area contributed by atoms with E-state index in [1.54, 1.807) is 6.07 Å². The topological polar surface area (TPSA) is 74.2 Å². The molecule has 1 aromatic carbocycles. The second-order valence-corrected chi connectivity index (χ2v) is 4.90. The molecule has 0 saturated heterocycles. The van der Waals surface area contributed by atoms with Gasteiger partial charge in [-0.1, -0.05) is 12.1 Å². The van der Waals surface area contributed by atoms with Crippen molar-refractivity contribution in [2.24, 2.45) is 0 Å². The fourth-order valence-corrected chi connectivity index (χ4v) is 1.98. The molecule has 1 atom stereocenters. The number of hydrogen-bond donors (Lipinski definition) is 1. The van der Waals surface area contributed by atoms with Crippen LogP contribution >= 0.6 is 15.9 Å². The van der Waals surface area contributed by atoms with E-state index >= 15 is 0 Å². The number of anilines is 1. The van der Waals surface area contributed by atoms with Gasteiger partial charge in [0.1, 0.15) is 6.10 Å². The lowest BCUT2D eigenvalue weighted by Crippen LogP contribution is -2.04. The predicted molar refractivity (Wildman–Crippen MR) is 76.5 cm³/mol. The second-order valence-electron chi connectivity index (χ2n) is 4.05. The molecule has 2 N–H and O–H groups in total. The van der Waals surface area contributed by atoms with E-state index in [4.69, 9.17) is 15.0 Å². The number of aromatic nitrogens is 2. The Hall–Kier alpha value is -1.40. The smallest absolute Gasteiger partial charge is 0.258 e. The van der Waals surface area contributed by atoms with Crippen LogP contribution in [0.2, 0.25) is 0 Å². The third-order valence-corrected chi connectivity index (χ3v) is 3.43. The fraction of sp³-hybridized carbons (Fsp3) is 0.385. The van der Waals surface area contributed by atoms with Gasteiger partial charge in [-0.15, -0.1) is 0 Å². The van der Waals surface area contributed by atoms with E-state index in [-0.39, 0.29) is 6.10 Å². The molecule has 0 aliphatic carbocycles. The molecule has 1 aromatic heterocycles. The van der Waals surface area contributed by atoms with Gasteiger partial charge in [-0.05, 0) is 47.5 Å². The second kappa shape index (κ2) is 6.16. The maximum atomic E-state index is 5.84. The van der Waals surface area contributed by atoms with Crippen molar-refractivity contribution in [3.63, 3.8) is 0 Å². The summed E-state index contributed by atoms with van der Waals surface area (Å²) in [6, 6.07) is 5.52. The molecule has 6 heteroatoms. The summed E-state index contributed by atoms with van der Waals surface area (Å²) in [7, 11) is 0. The summed E-state index contributed by atoms with van der Waals surface area (Å²) >= 11 is 3.35. The first-order valence-corrected chi connectivity index (χ1v) is 6.95. The lowest BCUT2D eigenvalue weighted by molar-refractivity contribution is 0.0518. The highest BCUT2D eigenvalue weighted by molar-refractivity contribution is 9.10. The Morgan fingerprint density at radius 3 is 2.84 bits per heavy atom. The third-order valence-electron chi connectivity index (χ3n) is 2.71. The highest BCUT2D eigenvalue weighted by Crippen LogP contribution is 2.27. The van der Waals surface area contributed by atoms with E-state index < -0.39 is 0 Å². The van der Waals surface area contributed by atoms with Gasteiger partial charge in [-0.2, -0.15) is 4.98 Å². The van der Waals surface area contributed by atoms with Crippen molar-refractivity contribution in [3.8, 4) is 11.5 Å². The highest BCUT2D eigenvalue weighted by atomic mass is 79.9. The number of halogens is 1. The van der Waals surface area contributed by atoms with Crippen molar-refractivity contribution in [1.29, 1.82) is 0 Å². The Kier molecular flexibility index (Phi) is 4.55. The van der Waals surface area contributed by atoms with Crippen LogP contribution in [0.4, 0.5) is 5.69 Å². The van der Waals surface area contributed by atoms with E-state index in [9.17, 15) is 0 Å². The van der Waals surface area contributed by atoms with Gasteiger partial charge in [0.05, 0.1) is 0 Å². The van der Waals surface area contributed by atoms with Crippen molar-refractivity contribution in [2.75, 3.05) is 12.3 Å². The van der Waals surface area contributed by atoms with Gasteiger partial charge >= 0.3 is 0 Å². The van der Waals surface area contributed by atoms with Crippen molar-refractivity contribution in [2.45, 2.75) is 26.4 Å². The zero-order valence-corrected chi connectivity index (χ0v) is 12.5. The minimum atomic E-state index is -0.129. The number of nitrogens with zero attached hydrogens (tertiary/aromatic N) is 2. The molecule has 2 aromatic rings. The van der Waals surface area contributed by atoms with E-state index in [2.05, 4.69) is 26.1 Å². The normalized spacial score (nSPS) is 12.6. The van der Waals surface area contributed by atoms with Crippen LogP contribution in [0.15, 0.2) is 27.2 Å². The lowest BCUT2D eigenvalue weighted by Gasteiger charge is -2.09. The van der Waals surface area contributed by atoms with Crippen LogP contribution in [-0.2, 0) is 4.74 Å². The third kappa shape index (κ3) is 3.13. The summed E-state index contributed by atoms with van der Waals surface area (Å²) < 4.78 is 11.7. The molecule has 0 fully saturated rings. The maximum absolute atomic E-state index is 5.84. The average molecular weight is 326 g/mol. The first-order chi connectivity index (χ1) is 9.15. The number of ether oxygens (including phenoxy) is 1. The van der Waals surface area contributed by atoms with Crippen LogP contribution in [0.1, 0.15) is 32.2 Å². The Morgan fingerprint density at radius 1 is 1.42 bits per heavy atom. The lowest BCUT2D eigenvalue weighted by atomic mass is 10.2. The molecule has 1 unspecified atom stereocenters. The zero-order chi connectivity index (χ0) is 13.8. The molecule has 5 nitrogen and oxygen atoms in total. The first kappa shape index (κ1) is 14.0. The first-order valence-electron chi connectivity index (χ1n) is 6.16. The molecule has 19 heavy (non-hydrogen) atoms. The fourth-order valence-electron chi connectivity index (χ4n) is 1.74. The van der Waals surface area contributed by atoms with E-state index in [0.717, 1.165) is 16.5 Å². The van der Waals surface area contributed by atoms with E-state index in [0.29, 0.717) is 24.0 Å². The number of benzene rings is 1. The summed E-state index contributed by atoms with van der Waals surface area (Å²) in [5, 5.41) is 3.97. The molecule has 2 rings (SSSR count). The van der Waals surface area contributed by atoms with Crippen molar-refractivity contribution in [1.82, 2.24) is 10.1 Å². The molecule has 0 aliphatic rings. The molecule has 0 bridgehead atoms. The van der Waals surface area contributed by atoms with Gasteiger partial charge in [0.2, 0.25) is 5.82 Å². The van der Waals surface area contributed by atoms with Crippen LogP contribution in [0.3, 0.4) is 0 Å². The van der Waals surface area contributed by atoms with Crippen molar-refractivity contribution in [3.05, 3.63) is 28.5 Å². The van der Waals surface area contributed by atoms with Gasteiger partial charge < -0.3 is 15.0 Å². The minimum absolute atomic E-state index is 0.129. The van der Waals surface area contributed by atoms with Gasteiger partial charge in [-0.25, -0.2) is 0 Å². The van der Waals surface area contributed by atoms with Gasteiger partial charge in [0.25, 0.3) is 5.89 Å². The Balaban J connectivity index is 2.27. The summed E-state index contributed by atoms with van der Waals surface area (Å²) in [5.41, 5.74) is 7.27. The monoisotopic (exact) mass is 325 g/mol. The largest absolute Gasteiger partial charge is 0.398 e. The van der Waals surface area contributed by atoms with Gasteiger partial charge in [-0.3, -0.25) is 0 Å². The molecule has 0 aliphatic heterocycles. The average Bonchev–Trinajstić information content (AvgIpc) is 2.88. The van der Waals surface area contributed by atoms with Gasteiger partial charge in [0.15, 0.2) is 0 Å². The predicted octanol–water partition coefficient (Wildman–Crippen LogP) is 3.57. The zero-order valence-electron chi connectivity index (χ0n) is 10.9. The maximum Gasteiger partial charge on any atom is 0.258 e. The SMILES string of the molecule is CCOC(CC)c1noc(-c2ccc(Br)c(N)c2)n1. The Bertz CT molecular complexity index is 557. The van der Waals surface area contributed by atoms with E-state index in [1.807, 2.05) is 26.0 Å². The van der Waals surface area contributed by atoms with Gasteiger partial charge in [0, 0.05) is 22.3 Å². The van der Waals surface area contributed by atoms with Crippen LogP contribution < -0.4 is 5.73 Å². The molecule has 1 heterocycles. The summed E-state index contributed by atoms with van der Waals surface area (Å²) in [6.07, 6.45) is 0.672. The van der Waals surface area contributed by atoms with Crippen LogP contribution in [0.25, 0.3) is 11.5 Å².